The van der Waals surface area contributed by atoms with Crippen molar-refractivity contribution < 1.29 is 32.7 Å². The third kappa shape index (κ3) is 2.91. The number of ether oxygens (including phenoxy) is 4. The Morgan fingerprint density at radius 2 is 2.09 bits per heavy atom. The number of aromatic nitrogens is 1. The van der Waals surface area contributed by atoms with Crippen molar-refractivity contribution in [3.63, 3.8) is 0 Å². The van der Waals surface area contributed by atoms with Gasteiger partial charge in [-0.2, -0.15) is 0 Å². The van der Waals surface area contributed by atoms with Gasteiger partial charge in [-0.25, -0.2) is 9.18 Å². The Hall–Kier alpha value is -2.85. The minimum absolute atomic E-state index is 0.0586. The van der Waals surface area contributed by atoms with Crippen LogP contribution >= 0.6 is 0 Å². The largest absolute Gasteiger partial charge is 0.425 e. The van der Waals surface area contributed by atoms with E-state index in [9.17, 15) is 4.79 Å². The molecule has 2 aromatic rings. The lowest BCUT2D eigenvalue weighted by molar-refractivity contribution is -0.170. The van der Waals surface area contributed by atoms with Crippen molar-refractivity contribution in [2.45, 2.75) is 44.3 Å². The Morgan fingerprint density at radius 3 is 2.82 bits per heavy atom. The summed E-state index contributed by atoms with van der Waals surface area (Å²) < 4.78 is 42.9. The normalized spacial score (nSPS) is 35.6. The molecule has 1 aromatic carbocycles. The van der Waals surface area contributed by atoms with Crippen molar-refractivity contribution in [1.29, 1.82) is 0 Å². The summed E-state index contributed by atoms with van der Waals surface area (Å²) in [5.74, 6) is 0.283. The molecular formula is C24H26FN3O6. The molecule has 4 aliphatic heterocycles. The van der Waals surface area contributed by atoms with Crippen LogP contribution < -0.4 is 14.5 Å². The molecule has 10 heteroatoms. The van der Waals surface area contributed by atoms with Gasteiger partial charge < -0.3 is 28.4 Å². The van der Waals surface area contributed by atoms with E-state index in [2.05, 4.69) is 10.1 Å². The van der Waals surface area contributed by atoms with Crippen LogP contribution in [0.4, 0.5) is 20.6 Å². The Bertz CT molecular complexity index is 1120. The SMILES string of the molecule is CC1N(c2ccc(N3CC4[C@@H](COC5CCCCO5)[C@@H]4C3)c(F)c2)C(=O)O[C@@]12Oc1nocc12. The third-order valence-corrected chi connectivity index (χ3v) is 8.07. The fourth-order valence-electron chi connectivity index (χ4n) is 6.05. The van der Waals surface area contributed by atoms with Crippen molar-refractivity contribution in [2.75, 3.05) is 36.1 Å². The second-order valence-corrected chi connectivity index (χ2v) is 9.88. The van der Waals surface area contributed by atoms with Crippen LogP contribution in [0.2, 0.25) is 0 Å². The number of hydrogen-bond acceptors (Lipinski definition) is 8. The number of piperidine rings is 1. The van der Waals surface area contributed by atoms with Gasteiger partial charge in [0.25, 0.3) is 5.88 Å². The average Bonchev–Trinajstić information content (AvgIpc) is 3.14. The standard InChI is InChI=1S/C24H26FN3O6/c1-13-24(18-12-32-26-22(18)33-24)34-23(29)28(13)14-5-6-20(19(25)8-14)27-9-15-16(10-27)17(15)11-31-21-4-2-3-7-30-21/h5-6,8,12-13,15-17,21H,2-4,7,9-11H2,1H3/t13?,15-,16?,17+,21?,24+/m1/s1. The van der Waals surface area contributed by atoms with Gasteiger partial charge in [-0.3, -0.25) is 4.90 Å². The molecule has 4 fully saturated rings. The Kier molecular flexibility index (Phi) is 4.42. The lowest BCUT2D eigenvalue weighted by atomic mass is 9.97. The monoisotopic (exact) mass is 471 g/mol. The second-order valence-electron chi connectivity index (χ2n) is 9.88. The van der Waals surface area contributed by atoms with Gasteiger partial charge >= 0.3 is 11.9 Å². The molecule has 6 atom stereocenters. The zero-order valence-corrected chi connectivity index (χ0v) is 18.8. The van der Waals surface area contributed by atoms with Crippen LogP contribution in [0, 0.1) is 23.6 Å². The van der Waals surface area contributed by atoms with E-state index in [1.54, 1.807) is 19.1 Å². The van der Waals surface area contributed by atoms with E-state index in [4.69, 9.17) is 23.5 Å². The zero-order chi connectivity index (χ0) is 23.0. The predicted octanol–water partition coefficient (Wildman–Crippen LogP) is 3.63. The summed E-state index contributed by atoms with van der Waals surface area (Å²) in [4.78, 5) is 16.2. The van der Waals surface area contributed by atoms with Gasteiger partial charge in [0.1, 0.15) is 23.7 Å². The molecule has 1 aromatic heterocycles. The molecule has 1 aliphatic carbocycles. The highest BCUT2D eigenvalue weighted by Gasteiger charge is 2.64. The Balaban J connectivity index is 1.01. The van der Waals surface area contributed by atoms with Crippen LogP contribution in [0.15, 0.2) is 29.0 Å². The first-order valence-corrected chi connectivity index (χ1v) is 12.0. The van der Waals surface area contributed by atoms with Crippen molar-refractivity contribution in [1.82, 2.24) is 5.16 Å². The quantitative estimate of drug-likeness (QED) is 0.654. The van der Waals surface area contributed by atoms with E-state index >= 15 is 4.39 Å². The van der Waals surface area contributed by atoms with Gasteiger partial charge in [-0.1, -0.05) is 0 Å². The van der Waals surface area contributed by atoms with Gasteiger partial charge in [0, 0.05) is 19.7 Å². The number of benzene rings is 1. The first-order valence-electron chi connectivity index (χ1n) is 12.0. The highest BCUT2D eigenvalue weighted by Crippen LogP contribution is 2.54. The predicted molar refractivity (Wildman–Crippen MR) is 116 cm³/mol. The van der Waals surface area contributed by atoms with Crippen LogP contribution in [0.25, 0.3) is 0 Å². The second kappa shape index (κ2) is 7.32. The summed E-state index contributed by atoms with van der Waals surface area (Å²) in [6.07, 6.45) is 4.00. The molecule has 0 N–H and O–H groups in total. The molecule has 3 unspecified atom stereocenters. The molecule has 5 heterocycles. The van der Waals surface area contributed by atoms with Crippen molar-refractivity contribution in [2.24, 2.45) is 17.8 Å². The summed E-state index contributed by atoms with van der Waals surface area (Å²) in [6.45, 7) is 4.93. The molecule has 34 heavy (non-hydrogen) atoms. The first-order chi connectivity index (χ1) is 16.5. The van der Waals surface area contributed by atoms with Crippen molar-refractivity contribution >= 4 is 17.5 Å². The number of hydrogen-bond donors (Lipinski definition) is 0. The Labute approximate surface area is 195 Å². The van der Waals surface area contributed by atoms with Gasteiger partial charge in [-0.05, 0) is 67.3 Å². The summed E-state index contributed by atoms with van der Waals surface area (Å²) in [6, 6.07) is 4.39. The van der Waals surface area contributed by atoms with Gasteiger partial charge in [0.15, 0.2) is 6.29 Å². The maximum Gasteiger partial charge on any atom is 0.418 e. The third-order valence-electron chi connectivity index (χ3n) is 8.07. The van der Waals surface area contributed by atoms with E-state index in [-0.39, 0.29) is 12.1 Å². The van der Waals surface area contributed by atoms with Crippen LogP contribution in [-0.4, -0.2) is 49.9 Å². The first kappa shape index (κ1) is 20.5. The maximum absolute atomic E-state index is 15.2. The molecule has 3 saturated heterocycles. The van der Waals surface area contributed by atoms with E-state index in [1.165, 1.54) is 17.2 Å². The number of fused-ring (bicyclic) bond motifs is 3. The van der Waals surface area contributed by atoms with Gasteiger partial charge in [0.2, 0.25) is 0 Å². The van der Waals surface area contributed by atoms with E-state index in [0.717, 1.165) is 45.6 Å². The van der Waals surface area contributed by atoms with Crippen molar-refractivity contribution in [3.05, 3.63) is 35.8 Å². The number of carbonyl (C=O) groups is 1. The number of anilines is 2. The molecule has 7 rings (SSSR count). The molecule has 0 bridgehead atoms. The lowest BCUT2D eigenvalue weighted by Crippen LogP contribution is -2.51. The number of halogens is 1. The van der Waals surface area contributed by atoms with E-state index in [0.29, 0.717) is 40.6 Å². The topological polar surface area (TPSA) is 86.5 Å². The zero-order valence-electron chi connectivity index (χ0n) is 18.8. The van der Waals surface area contributed by atoms with Gasteiger partial charge in [0.05, 0.1) is 18.0 Å². The number of carbonyl (C=O) groups excluding carboxylic acids is 1. The van der Waals surface area contributed by atoms with Gasteiger partial charge in [-0.15, -0.1) is 0 Å². The molecule has 5 aliphatic rings. The number of amides is 1. The lowest BCUT2D eigenvalue weighted by Gasteiger charge is -2.37. The summed E-state index contributed by atoms with van der Waals surface area (Å²) >= 11 is 0. The highest BCUT2D eigenvalue weighted by molar-refractivity contribution is 5.92. The molecule has 9 nitrogen and oxygen atoms in total. The van der Waals surface area contributed by atoms with E-state index in [1.807, 2.05) is 0 Å². The molecule has 1 spiro atoms. The maximum atomic E-state index is 15.2. The minimum atomic E-state index is -1.27. The Morgan fingerprint density at radius 1 is 1.24 bits per heavy atom. The molecule has 0 radical (unpaired) electrons. The highest BCUT2D eigenvalue weighted by atomic mass is 19.1. The van der Waals surface area contributed by atoms with Crippen molar-refractivity contribution in [3.8, 4) is 5.88 Å². The molecule has 1 saturated carbocycles. The summed E-state index contributed by atoms with van der Waals surface area (Å²) in [5, 5.41) is 3.71. The molecule has 180 valence electrons. The van der Waals surface area contributed by atoms with Crippen LogP contribution in [0.1, 0.15) is 31.7 Å². The number of rotatable bonds is 5. The number of nitrogens with zero attached hydrogens (tertiary/aromatic N) is 3. The molecular weight excluding hydrogens is 445 g/mol. The van der Waals surface area contributed by atoms with Crippen LogP contribution in [0.5, 0.6) is 5.88 Å². The summed E-state index contributed by atoms with van der Waals surface area (Å²) in [5.41, 5.74) is 1.56. The fraction of sp³-hybridized carbons (Fsp3) is 0.583. The summed E-state index contributed by atoms with van der Waals surface area (Å²) in [7, 11) is 0. The van der Waals surface area contributed by atoms with E-state index < -0.39 is 17.9 Å². The van der Waals surface area contributed by atoms with Crippen LogP contribution in [0.3, 0.4) is 0 Å². The fourth-order valence-corrected chi connectivity index (χ4v) is 6.05. The van der Waals surface area contributed by atoms with Crippen LogP contribution in [-0.2, 0) is 20.0 Å². The average molecular weight is 471 g/mol. The minimum Gasteiger partial charge on any atom is -0.425 e. The smallest absolute Gasteiger partial charge is 0.418 e. The molecule has 1 amide bonds.